The number of carboxylic acids is 2. The Morgan fingerprint density at radius 1 is 0.741 bits per heavy atom. The normalized spacial score (nSPS) is 10.1. The van der Waals surface area contributed by atoms with E-state index >= 15 is 0 Å². The van der Waals surface area contributed by atoms with Gasteiger partial charge in [-0.2, -0.15) is 0 Å². The average Bonchev–Trinajstić information content (AvgIpc) is 2.53. The summed E-state index contributed by atoms with van der Waals surface area (Å²) in [6.07, 6.45) is 0.266. The van der Waals surface area contributed by atoms with Gasteiger partial charge in [-0.3, -0.25) is 9.59 Å². The molecule has 0 aliphatic rings. The number of carbonyl (C=O) groups excluding carboxylic acids is 2. The standard InChI is InChI=1S/C19H16O8/c1-10(20)26-16-8-12(3-5-14(16)18(22)23)7-13-4-6-15(19(24)25)17(9-13)27-11(2)21/h3-6,8-9H,7H2,1-2H3,(H,22,23)(H,24,25). The van der Waals surface area contributed by atoms with Crippen molar-refractivity contribution in [3.05, 3.63) is 58.7 Å². The maximum Gasteiger partial charge on any atom is 0.339 e. The largest absolute Gasteiger partial charge is 0.478 e. The maximum absolute atomic E-state index is 11.2. The van der Waals surface area contributed by atoms with Gasteiger partial charge in [0.15, 0.2) is 0 Å². The minimum Gasteiger partial charge on any atom is -0.478 e. The van der Waals surface area contributed by atoms with Gasteiger partial charge in [0.25, 0.3) is 0 Å². The molecule has 0 amide bonds. The van der Waals surface area contributed by atoms with Crippen LogP contribution in [0, 0.1) is 0 Å². The second-order valence-corrected chi connectivity index (χ2v) is 5.64. The Morgan fingerprint density at radius 3 is 1.41 bits per heavy atom. The number of rotatable bonds is 6. The molecule has 8 nitrogen and oxygen atoms in total. The van der Waals surface area contributed by atoms with E-state index in [1.807, 2.05) is 0 Å². The fourth-order valence-electron chi connectivity index (χ4n) is 2.42. The molecule has 0 aliphatic heterocycles. The molecule has 0 radical (unpaired) electrons. The third-order valence-corrected chi connectivity index (χ3v) is 3.47. The van der Waals surface area contributed by atoms with E-state index in [1.54, 1.807) is 12.1 Å². The molecule has 0 aromatic heterocycles. The summed E-state index contributed by atoms with van der Waals surface area (Å²) in [4.78, 5) is 44.8. The first-order valence-electron chi connectivity index (χ1n) is 7.76. The van der Waals surface area contributed by atoms with Crippen LogP contribution in [0.15, 0.2) is 36.4 Å². The Balaban J connectivity index is 2.38. The van der Waals surface area contributed by atoms with Crippen molar-refractivity contribution in [3.8, 4) is 11.5 Å². The summed E-state index contributed by atoms with van der Waals surface area (Å²) < 4.78 is 9.89. The van der Waals surface area contributed by atoms with Gasteiger partial charge in [0.05, 0.1) is 0 Å². The van der Waals surface area contributed by atoms with Crippen LogP contribution in [-0.2, 0) is 16.0 Å². The van der Waals surface area contributed by atoms with Crippen molar-refractivity contribution in [2.45, 2.75) is 20.3 Å². The van der Waals surface area contributed by atoms with Crippen molar-refractivity contribution in [1.29, 1.82) is 0 Å². The summed E-state index contributed by atoms with van der Waals surface area (Å²) in [5, 5.41) is 18.3. The highest BCUT2D eigenvalue weighted by molar-refractivity contribution is 5.92. The second kappa shape index (κ2) is 8.13. The van der Waals surface area contributed by atoms with Crippen molar-refractivity contribution in [3.63, 3.8) is 0 Å². The van der Waals surface area contributed by atoms with E-state index in [1.165, 1.54) is 24.3 Å². The van der Waals surface area contributed by atoms with Crippen molar-refractivity contribution >= 4 is 23.9 Å². The smallest absolute Gasteiger partial charge is 0.339 e. The van der Waals surface area contributed by atoms with Gasteiger partial charge in [0, 0.05) is 13.8 Å². The van der Waals surface area contributed by atoms with Gasteiger partial charge in [-0.1, -0.05) is 12.1 Å². The summed E-state index contributed by atoms with van der Waals surface area (Å²) in [6.45, 7) is 2.32. The molecule has 0 saturated heterocycles. The van der Waals surface area contributed by atoms with Crippen LogP contribution in [0.5, 0.6) is 11.5 Å². The van der Waals surface area contributed by atoms with Crippen LogP contribution in [0.4, 0.5) is 0 Å². The molecule has 0 spiro atoms. The SMILES string of the molecule is CC(=O)Oc1cc(Cc2ccc(C(=O)O)c(OC(C)=O)c2)ccc1C(=O)O. The summed E-state index contributed by atoms with van der Waals surface area (Å²) in [6, 6.07) is 8.56. The number of benzene rings is 2. The second-order valence-electron chi connectivity index (χ2n) is 5.64. The highest BCUT2D eigenvalue weighted by Gasteiger charge is 2.16. The van der Waals surface area contributed by atoms with Crippen LogP contribution >= 0.6 is 0 Å². The molecule has 2 aromatic rings. The minimum absolute atomic E-state index is 0.0881. The number of hydrogen-bond donors (Lipinski definition) is 2. The molecule has 0 aliphatic carbocycles. The quantitative estimate of drug-likeness (QED) is 0.585. The lowest BCUT2D eigenvalue weighted by Crippen LogP contribution is -2.09. The first-order chi connectivity index (χ1) is 12.7. The zero-order chi connectivity index (χ0) is 20.1. The topological polar surface area (TPSA) is 127 Å². The number of ether oxygens (including phenoxy) is 2. The molecule has 2 rings (SSSR count). The van der Waals surface area contributed by atoms with Gasteiger partial charge < -0.3 is 19.7 Å². The van der Waals surface area contributed by atoms with E-state index in [0.29, 0.717) is 11.1 Å². The Morgan fingerprint density at radius 2 is 1.11 bits per heavy atom. The molecule has 0 saturated carbocycles. The highest BCUT2D eigenvalue weighted by atomic mass is 16.5. The van der Waals surface area contributed by atoms with Crippen LogP contribution in [0.25, 0.3) is 0 Å². The van der Waals surface area contributed by atoms with E-state index in [9.17, 15) is 19.2 Å². The highest BCUT2D eigenvalue weighted by Crippen LogP contribution is 2.26. The molecule has 8 heteroatoms. The average molecular weight is 372 g/mol. The first kappa shape index (κ1) is 19.6. The number of esters is 2. The number of hydrogen-bond acceptors (Lipinski definition) is 6. The van der Waals surface area contributed by atoms with Crippen LogP contribution in [-0.4, -0.2) is 34.1 Å². The summed E-state index contributed by atoms with van der Waals surface area (Å²) >= 11 is 0. The molecule has 0 bridgehead atoms. The molecule has 0 unspecified atom stereocenters. The van der Waals surface area contributed by atoms with E-state index in [0.717, 1.165) is 13.8 Å². The van der Waals surface area contributed by atoms with Gasteiger partial charge in [-0.05, 0) is 41.8 Å². The molecular formula is C19H16O8. The number of carbonyl (C=O) groups is 4. The molecule has 0 heterocycles. The van der Waals surface area contributed by atoms with Crippen molar-refractivity contribution in [2.24, 2.45) is 0 Å². The van der Waals surface area contributed by atoms with Gasteiger partial charge in [0.2, 0.25) is 0 Å². The predicted octanol–water partition coefficient (Wildman–Crippen LogP) is 2.52. The summed E-state index contributed by atoms with van der Waals surface area (Å²) in [5.41, 5.74) is 0.924. The fraction of sp³-hybridized carbons (Fsp3) is 0.158. The van der Waals surface area contributed by atoms with Crippen LogP contribution < -0.4 is 9.47 Å². The van der Waals surface area contributed by atoms with E-state index in [-0.39, 0.29) is 29.0 Å². The molecule has 0 atom stereocenters. The van der Waals surface area contributed by atoms with Crippen LogP contribution in [0.3, 0.4) is 0 Å². The van der Waals surface area contributed by atoms with Crippen molar-refractivity contribution in [1.82, 2.24) is 0 Å². The van der Waals surface area contributed by atoms with Gasteiger partial charge in [-0.15, -0.1) is 0 Å². The molecule has 140 valence electrons. The lowest BCUT2D eigenvalue weighted by atomic mass is 10.0. The lowest BCUT2D eigenvalue weighted by molar-refractivity contribution is -0.132. The van der Waals surface area contributed by atoms with Crippen molar-refractivity contribution in [2.75, 3.05) is 0 Å². The number of carboxylic acid groups (broad SMARTS) is 2. The number of aromatic carboxylic acids is 2. The Hall–Kier alpha value is -3.68. The summed E-state index contributed by atoms with van der Waals surface area (Å²) in [7, 11) is 0. The predicted molar refractivity (Wildman–Crippen MR) is 92.2 cm³/mol. The monoisotopic (exact) mass is 372 g/mol. The molecular weight excluding hydrogens is 356 g/mol. The van der Waals surface area contributed by atoms with Gasteiger partial charge in [-0.25, -0.2) is 9.59 Å². The zero-order valence-corrected chi connectivity index (χ0v) is 14.5. The maximum atomic E-state index is 11.2. The van der Waals surface area contributed by atoms with Crippen LogP contribution in [0.2, 0.25) is 0 Å². The van der Waals surface area contributed by atoms with Crippen LogP contribution in [0.1, 0.15) is 45.7 Å². The lowest BCUT2D eigenvalue weighted by Gasteiger charge is -2.11. The van der Waals surface area contributed by atoms with E-state index in [2.05, 4.69) is 0 Å². The molecule has 2 aromatic carbocycles. The zero-order valence-electron chi connectivity index (χ0n) is 14.5. The molecule has 2 N–H and O–H groups in total. The summed E-state index contributed by atoms with van der Waals surface area (Å²) in [5.74, 6) is -3.96. The third-order valence-electron chi connectivity index (χ3n) is 3.47. The first-order valence-corrected chi connectivity index (χ1v) is 7.76. The third kappa shape index (κ3) is 5.15. The molecule has 0 fully saturated rings. The fourth-order valence-corrected chi connectivity index (χ4v) is 2.42. The Kier molecular flexibility index (Phi) is 5.92. The molecule has 27 heavy (non-hydrogen) atoms. The Labute approximate surface area is 154 Å². The minimum atomic E-state index is -1.24. The van der Waals surface area contributed by atoms with E-state index in [4.69, 9.17) is 19.7 Å². The Bertz CT molecular complexity index is 854. The van der Waals surface area contributed by atoms with E-state index < -0.39 is 23.9 Å². The van der Waals surface area contributed by atoms with Gasteiger partial charge in [0.1, 0.15) is 22.6 Å². The van der Waals surface area contributed by atoms with Crippen molar-refractivity contribution < 1.29 is 38.9 Å². The van der Waals surface area contributed by atoms with Gasteiger partial charge >= 0.3 is 23.9 Å².